The molecule has 4 saturated carbocycles. The monoisotopic (exact) mass is 2210 g/mol. The number of hydrogen-bond donors (Lipinski definition) is 1. The van der Waals surface area contributed by atoms with Crippen molar-refractivity contribution in [2.24, 2.45) is 17.3 Å². The van der Waals surface area contributed by atoms with Crippen LogP contribution >= 0.6 is 136 Å². The third kappa shape index (κ3) is 22.0. The van der Waals surface area contributed by atoms with Crippen LogP contribution < -0.4 is 5.32 Å². The summed E-state index contributed by atoms with van der Waals surface area (Å²) in [4.78, 5) is 57.7. The first-order valence-electron chi connectivity index (χ1n) is 32.1. The highest BCUT2D eigenvalue weighted by atomic mass is 127. The number of hydrogen-bond acceptors (Lipinski definition) is 13. The molecule has 3 atom stereocenters. The van der Waals surface area contributed by atoms with Gasteiger partial charge < -0.3 is 28.6 Å². The van der Waals surface area contributed by atoms with Crippen molar-refractivity contribution in [1.29, 1.82) is 0 Å². The Kier molecular flexibility index (Phi) is 29.6. The number of benzene rings is 8. The van der Waals surface area contributed by atoms with Gasteiger partial charge in [-0.05, 0) is 302 Å². The van der Waals surface area contributed by atoms with Crippen molar-refractivity contribution in [3.63, 3.8) is 0 Å². The zero-order chi connectivity index (χ0) is 78.5. The lowest BCUT2D eigenvalue weighted by molar-refractivity contribution is -0.269. The van der Waals surface area contributed by atoms with E-state index in [1.54, 1.807) is 51.2 Å². The second-order valence-electron chi connectivity index (χ2n) is 26.6. The average molecular weight is 2210 g/mol. The second kappa shape index (κ2) is 35.8. The highest BCUT2D eigenvalue weighted by Gasteiger charge is 2.67. The number of carbonyl (C=O) groups is 4. The summed E-state index contributed by atoms with van der Waals surface area (Å²) in [6, 6.07) is 62.5. The van der Waals surface area contributed by atoms with Crippen LogP contribution in [0.3, 0.4) is 0 Å². The van der Waals surface area contributed by atoms with Gasteiger partial charge in [0.05, 0.1) is 47.6 Å². The smallest absolute Gasteiger partial charge is 0.432 e. The maximum Gasteiger partial charge on any atom is 0.432 e. The summed E-state index contributed by atoms with van der Waals surface area (Å²) >= 11 is 11.5. The molecule has 106 heavy (non-hydrogen) atoms. The molecule has 0 heterocycles. The molecule has 0 saturated heterocycles. The molecular formula is C75H68F7I6NO13S4. The van der Waals surface area contributed by atoms with Crippen LogP contribution in [-0.2, 0) is 71.2 Å². The highest BCUT2D eigenvalue weighted by Crippen LogP contribution is 2.64. The lowest BCUT2D eigenvalue weighted by Gasteiger charge is -2.59. The van der Waals surface area contributed by atoms with E-state index in [9.17, 15) is 75.9 Å². The van der Waals surface area contributed by atoms with Crippen molar-refractivity contribution < 1.29 is 90.1 Å². The molecule has 1 amide bonds. The van der Waals surface area contributed by atoms with Gasteiger partial charge in [0.25, 0.3) is 6.10 Å². The number of alkyl halides is 7. The lowest BCUT2D eigenvalue weighted by Crippen LogP contribution is -2.61. The Morgan fingerprint density at radius 3 is 1.38 bits per heavy atom. The first kappa shape index (κ1) is 87.6. The third-order valence-electron chi connectivity index (χ3n) is 17.2. The summed E-state index contributed by atoms with van der Waals surface area (Å²) in [6.45, 7) is 12.6. The van der Waals surface area contributed by atoms with Gasteiger partial charge in [-0.1, -0.05) is 122 Å². The van der Waals surface area contributed by atoms with Gasteiger partial charge in [0.1, 0.15) is 5.60 Å². The average Bonchev–Trinajstić information content (AvgIpc) is 0.712. The molecule has 566 valence electrons. The van der Waals surface area contributed by atoms with Crippen molar-refractivity contribution in [2.75, 3.05) is 11.9 Å². The molecule has 0 aliphatic heterocycles. The summed E-state index contributed by atoms with van der Waals surface area (Å²) in [5.74, 6) is -4.49. The standard InChI is InChI=1S/C22H23S.C21H18F5I3O7S.C21H21S.C11H8F2I3NO6S/c1-22(2,3)18-14-16-21(17-15-18)23(19-10-6-4-7-11-19)20-12-8-5-9-13-20;22-20(23,24)16(21(25,26)37(32,33)34)35-17(31)18-4-9-1-10(5-18)7-19(6-9,8-18)36-15(30)12-2-11(27)3-13(28)14(12)29;1-16-4-10-19(11-5-16)22(20-12-6-17(2)7-13-20)21-14-8-18(3)9-15-21;1-4(18)17-9-6(15)2-5(14)7(8(9)16)10(19)23-3-11(12,13)24(20,21)22/h4-17H,1-3H3;2-3,9-10,16H,1,4-8H2,(H,32,33,34);4-15H,1-3H3;2H,3H2,1H3,(H,17,18)(H,20,21,22)/q+1;;+1;/p-2. The number of aryl methyl sites for hydroxylation is 3. The maximum absolute atomic E-state index is 14.0. The van der Waals surface area contributed by atoms with Crippen molar-refractivity contribution in [2.45, 2.75) is 150 Å². The molecular weight excluding hydrogens is 2150 g/mol. The highest BCUT2D eigenvalue weighted by molar-refractivity contribution is 14.1. The SMILES string of the molecule is CC(=O)Nc1c(I)cc(I)c(C(=O)OCC(F)(F)S(=O)(=O)[O-])c1I.CC(C)(C)c1ccc([S+](c2ccccc2)c2ccccc2)cc1.Cc1ccc([S+](c2ccc(C)cc2)c2ccc(C)cc2)cc1.O=C(OC12CC3CC(C1)CC(C(=O)OC(C(F)(F)F)C(F)(F)S(=O)(=O)[O-])(C3)C2)c1cc(I)cc(I)c1I. The van der Waals surface area contributed by atoms with Gasteiger partial charge >= 0.3 is 34.6 Å². The minimum Gasteiger partial charge on any atom is -0.743 e. The first-order valence-corrected chi connectivity index (χ1v) is 43.8. The fourth-order valence-corrected chi connectivity index (χ4v) is 23.8. The minimum absolute atomic E-state index is 0.0145. The molecule has 0 aromatic heterocycles. The van der Waals surface area contributed by atoms with Gasteiger partial charge in [0, 0.05) is 31.2 Å². The van der Waals surface area contributed by atoms with E-state index >= 15 is 0 Å². The van der Waals surface area contributed by atoms with Crippen molar-refractivity contribution in [3.8, 4) is 0 Å². The summed E-state index contributed by atoms with van der Waals surface area (Å²) < 4.78 is 176. The Balaban J connectivity index is 0.000000183. The van der Waals surface area contributed by atoms with E-state index in [0.717, 1.165) is 7.14 Å². The summed E-state index contributed by atoms with van der Waals surface area (Å²) in [7, 11) is -12.9. The van der Waals surface area contributed by atoms with Crippen LogP contribution in [0.1, 0.15) is 109 Å². The molecule has 4 fully saturated rings. The number of anilines is 1. The quantitative estimate of drug-likeness (QED) is 0.0171. The molecule has 31 heteroatoms. The van der Waals surface area contributed by atoms with E-state index in [0.29, 0.717) is 35.7 Å². The second-order valence-corrected chi connectivity index (χ2v) is 40.5. The zero-order valence-corrected chi connectivity index (χ0v) is 73.5. The third-order valence-corrected chi connectivity index (χ3v) is 29.9. The molecule has 14 nitrogen and oxygen atoms in total. The molecule has 4 aliphatic carbocycles. The number of nitrogens with one attached hydrogen (secondary N) is 1. The predicted molar refractivity (Wildman–Crippen MR) is 440 cm³/mol. The van der Waals surface area contributed by atoms with E-state index in [2.05, 4.69) is 237 Å². The van der Waals surface area contributed by atoms with E-state index in [-0.39, 0.29) is 73.0 Å². The Bertz CT molecular complexity index is 4580. The largest absolute Gasteiger partial charge is 0.743 e. The normalized spacial score (nSPS) is 18.0. The van der Waals surface area contributed by atoms with E-state index in [1.165, 1.54) is 64.6 Å². The van der Waals surface area contributed by atoms with Crippen LogP contribution in [0.4, 0.5) is 36.4 Å². The van der Waals surface area contributed by atoms with Crippen LogP contribution in [0.15, 0.2) is 205 Å². The number of carbonyl (C=O) groups excluding carboxylic acids is 4. The molecule has 3 unspecified atom stereocenters. The minimum atomic E-state index is -6.81. The van der Waals surface area contributed by atoms with E-state index in [1.807, 2.05) is 73.8 Å². The predicted octanol–water partition coefficient (Wildman–Crippen LogP) is 20.1. The summed E-state index contributed by atoms with van der Waals surface area (Å²) in [5.41, 5.74) is 3.02. The van der Waals surface area contributed by atoms with E-state index in [4.69, 9.17) is 4.74 Å². The van der Waals surface area contributed by atoms with Gasteiger partial charge in [-0.2, -0.15) is 30.7 Å². The summed E-state index contributed by atoms with van der Waals surface area (Å²) in [5, 5.41) is -8.16. The number of amides is 1. The number of rotatable bonds is 17. The number of ether oxygens (including phenoxy) is 3. The Hall–Kier alpha value is -3.95. The van der Waals surface area contributed by atoms with Crippen molar-refractivity contribution in [3.05, 3.63) is 231 Å². The van der Waals surface area contributed by atoms with Gasteiger partial charge in [-0.3, -0.25) is 9.59 Å². The van der Waals surface area contributed by atoms with Gasteiger partial charge in [-0.25, -0.2) is 26.4 Å². The first-order chi connectivity index (χ1) is 49.2. The van der Waals surface area contributed by atoms with Crippen LogP contribution in [0.5, 0.6) is 0 Å². The molecule has 8 aromatic carbocycles. The van der Waals surface area contributed by atoms with Crippen molar-refractivity contribution >= 4 is 207 Å². The molecule has 12 rings (SSSR count). The van der Waals surface area contributed by atoms with Crippen molar-refractivity contribution in [1.82, 2.24) is 0 Å². The molecule has 8 aromatic rings. The fourth-order valence-electron chi connectivity index (χ4n) is 12.6. The van der Waals surface area contributed by atoms with E-state index < -0.39 is 84.5 Å². The Morgan fingerprint density at radius 1 is 0.557 bits per heavy atom. The topological polar surface area (TPSA) is 222 Å². The molecule has 1 N–H and O–H groups in total. The number of halogens is 13. The van der Waals surface area contributed by atoms with Crippen LogP contribution in [0.25, 0.3) is 0 Å². The van der Waals surface area contributed by atoms with Crippen LogP contribution in [0, 0.1) is 59.4 Å². The van der Waals surface area contributed by atoms with Gasteiger partial charge in [-0.15, -0.1) is 0 Å². The molecule has 4 aliphatic rings. The zero-order valence-electron chi connectivity index (χ0n) is 57.3. The Morgan fingerprint density at radius 2 is 0.981 bits per heavy atom. The number of esters is 3. The summed E-state index contributed by atoms with van der Waals surface area (Å²) in [6.07, 6.45) is -9.42. The van der Waals surface area contributed by atoms with Gasteiger partial charge in [0.15, 0.2) is 56.2 Å². The van der Waals surface area contributed by atoms with Crippen LogP contribution in [-0.4, -0.2) is 84.8 Å². The molecule has 4 bridgehead atoms. The molecule has 0 radical (unpaired) electrons. The molecule has 0 spiro atoms. The fraction of sp³-hybridized carbons (Fsp3) is 0.307. The Labute approximate surface area is 698 Å². The lowest BCUT2D eigenvalue weighted by atomic mass is 9.48. The van der Waals surface area contributed by atoms with Gasteiger partial charge in [0.2, 0.25) is 5.91 Å². The maximum atomic E-state index is 14.0. The van der Waals surface area contributed by atoms with Crippen LogP contribution in [0.2, 0.25) is 0 Å².